The van der Waals surface area contributed by atoms with Gasteiger partial charge in [-0.05, 0) is 37.8 Å². The third-order valence-electron chi connectivity index (χ3n) is 4.45. The second kappa shape index (κ2) is 6.90. The van der Waals surface area contributed by atoms with Crippen molar-refractivity contribution >= 4 is 11.7 Å². The van der Waals surface area contributed by atoms with Gasteiger partial charge in [-0.1, -0.05) is 13.8 Å². The number of fused-ring (bicyclic) bond motifs is 1. The third-order valence-corrected chi connectivity index (χ3v) is 4.45. The quantitative estimate of drug-likeness (QED) is 0.755. The molecule has 0 saturated heterocycles. The van der Waals surface area contributed by atoms with Gasteiger partial charge in [-0.2, -0.15) is 0 Å². The van der Waals surface area contributed by atoms with Gasteiger partial charge in [0.05, 0.1) is 12.2 Å². The van der Waals surface area contributed by atoms with Crippen LogP contribution in [0.25, 0.3) is 0 Å². The van der Waals surface area contributed by atoms with Crippen molar-refractivity contribution < 1.29 is 19.7 Å². The fraction of sp³-hybridized carbons (Fsp3) is 0.588. The van der Waals surface area contributed by atoms with E-state index >= 15 is 0 Å². The molecule has 1 aromatic rings. The Morgan fingerprint density at radius 1 is 1.32 bits per heavy atom. The summed E-state index contributed by atoms with van der Waals surface area (Å²) in [5.41, 5.74) is 0.685. The number of phenolic OH excluding ortho intramolecular Hbond substituents is 1. The number of anilines is 1. The molecule has 0 atom stereocenters. The molecule has 0 bridgehead atoms. The molecule has 0 saturated carbocycles. The zero-order valence-corrected chi connectivity index (χ0v) is 13.3. The Balaban J connectivity index is 2.15. The molecule has 1 aromatic carbocycles. The van der Waals surface area contributed by atoms with Gasteiger partial charge in [0, 0.05) is 19.0 Å². The lowest BCUT2D eigenvalue weighted by atomic mass is 9.93. The van der Waals surface area contributed by atoms with Gasteiger partial charge < -0.3 is 19.8 Å². The van der Waals surface area contributed by atoms with Crippen molar-refractivity contribution in [3.05, 3.63) is 18.2 Å². The second-order valence-corrected chi connectivity index (χ2v) is 5.92. The van der Waals surface area contributed by atoms with E-state index in [1.807, 2.05) is 6.07 Å². The van der Waals surface area contributed by atoms with Crippen LogP contribution < -0.4 is 9.64 Å². The third kappa shape index (κ3) is 3.64. The zero-order valence-electron chi connectivity index (χ0n) is 13.3. The number of carbonyl (C=O) groups is 1. The van der Waals surface area contributed by atoms with Gasteiger partial charge >= 0.3 is 5.97 Å². The highest BCUT2D eigenvalue weighted by Gasteiger charge is 2.36. The van der Waals surface area contributed by atoms with Crippen LogP contribution in [-0.2, 0) is 4.79 Å². The number of unbranched alkanes of at least 4 members (excludes halogenated alkanes) is 1. The Labute approximate surface area is 131 Å². The Morgan fingerprint density at radius 3 is 2.68 bits per heavy atom. The summed E-state index contributed by atoms with van der Waals surface area (Å²) in [5, 5.41) is 18.5. The molecule has 0 aliphatic carbocycles. The number of hydrogen-bond acceptors (Lipinski definition) is 4. The minimum absolute atomic E-state index is 0.198. The number of carboxylic acid groups (broad SMARTS) is 1. The first-order chi connectivity index (χ1) is 10.5. The van der Waals surface area contributed by atoms with Crippen molar-refractivity contribution in [2.24, 2.45) is 0 Å². The van der Waals surface area contributed by atoms with Crippen LogP contribution in [0, 0.1) is 0 Å². The molecule has 22 heavy (non-hydrogen) atoms. The highest BCUT2D eigenvalue weighted by Crippen LogP contribution is 2.41. The van der Waals surface area contributed by atoms with E-state index < -0.39 is 5.97 Å². The minimum atomic E-state index is -0.753. The topological polar surface area (TPSA) is 70.0 Å². The van der Waals surface area contributed by atoms with Crippen LogP contribution in [0.2, 0.25) is 0 Å². The average molecular weight is 307 g/mol. The number of rotatable bonds is 7. The second-order valence-electron chi connectivity index (χ2n) is 5.92. The highest BCUT2D eigenvalue weighted by molar-refractivity contribution is 5.66. The smallest absolute Gasteiger partial charge is 0.303 e. The zero-order chi connectivity index (χ0) is 16.2. The maximum absolute atomic E-state index is 10.6. The predicted octanol–water partition coefficient (Wildman–Crippen LogP) is 3.40. The number of carboxylic acids is 1. The Hall–Kier alpha value is -1.91. The van der Waals surface area contributed by atoms with Gasteiger partial charge in [-0.25, -0.2) is 0 Å². The van der Waals surface area contributed by atoms with E-state index in [0.29, 0.717) is 6.42 Å². The first-order valence-electron chi connectivity index (χ1n) is 7.98. The van der Waals surface area contributed by atoms with Crippen LogP contribution in [0.5, 0.6) is 11.5 Å². The van der Waals surface area contributed by atoms with E-state index in [4.69, 9.17) is 9.84 Å². The molecule has 0 radical (unpaired) electrons. The SMILES string of the molecule is CCC1(CC)CN(CCCCC(=O)O)c2cc(O)ccc2O1. The Bertz CT molecular complexity index is 525. The lowest BCUT2D eigenvalue weighted by Crippen LogP contribution is -2.50. The summed E-state index contributed by atoms with van der Waals surface area (Å²) in [6.07, 6.45) is 3.49. The standard InChI is InChI=1S/C17H25NO4/c1-3-17(4-2)12-18(10-6-5-7-16(20)21)14-11-13(19)8-9-15(14)22-17/h8-9,11,19H,3-7,10,12H2,1-2H3,(H,20,21). The molecular weight excluding hydrogens is 282 g/mol. The van der Waals surface area contributed by atoms with E-state index in [9.17, 15) is 9.90 Å². The lowest BCUT2D eigenvalue weighted by molar-refractivity contribution is -0.137. The Morgan fingerprint density at radius 2 is 2.05 bits per heavy atom. The first kappa shape index (κ1) is 16.5. The lowest BCUT2D eigenvalue weighted by Gasteiger charge is -2.44. The largest absolute Gasteiger partial charge is 0.508 e. The Kier molecular flexibility index (Phi) is 5.16. The molecule has 0 fully saturated rings. The molecule has 1 aliphatic heterocycles. The molecule has 122 valence electrons. The fourth-order valence-corrected chi connectivity index (χ4v) is 2.93. The minimum Gasteiger partial charge on any atom is -0.508 e. The van der Waals surface area contributed by atoms with Crippen LogP contribution in [-0.4, -0.2) is 34.9 Å². The molecule has 1 heterocycles. The van der Waals surface area contributed by atoms with Crippen molar-refractivity contribution in [2.45, 2.75) is 51.6 Å². The first-order valence-corrected chi connectivity index (χ1v) is 7.98. The maximum atomic E-state index is 10.6. The number of hydrogen-bond donors (Lipinski definition) is 2. The van der Waals surface area contributed by atoms with Crippen LogP contribution >= 0.6 is 0 Å². The summed E-state index contributed by atoms with van der Waals surface area (Å²) in [6, 6.07) is 5.18. The molecule has 0 spiro atoms. The highest BCUT2D eigenvalue weighted by atomic mass is 16.5. The van der Waals surface area contributed by atoms with Gasteiger partial charge in [-0.15, -0.1) is 0 Å². The van der Waals surface area contributed by atoms with Crippen molar-refractivity contribution in [3.8, 4) is 11.5 Å². The molecule has 2 N–H and O–H groups in total. The number of benzene rings is 1. The molecular formula is C17H25NO4. The average Bonchev–Trinajstić information content (AvgIpc) is 2.51. The number of phenols is 1. The van der Waals surface area contributed by atoms with E-state index in [0.717, 1.165) is 43.8 Å². The molecule has 0 aromatic heterocycles. The van der Waals surface area contributed by atoms with Crippen LogP contribution in [0.3, 0.4) is 0 Å². The molecule has 2 rings (SSSR count). The van der Waals surface area contributed by atoms with Gasteiger partial charge in [0.25, 0.3) is 0 Å². The van der Waals surface area contributed by atoms with Crippen LogP contribution in [0.4, 0.5) is 5.69 Å². The van der Waals surface area contributed by atoms with Gasteiger partial charge in [0.15, 0.2) is 0 Å². The number of aliphatic carboxylic acids is 1. The van der Waals surface area contributed by atoms with E-state index in [1.54, 1.807) is 12.1 Å². The number of nitrogens with zero attached hydrogens (tertiary/aromatic N) is 1. The molecule has 5 heteroatoms. The van der Waals surface area contributed by atoms with Crippen LogP contribution in [0.15, 0.2) is 18.2 Å². The summed E-state index contributed by atoms with van der Waals surface area (Å²) < 4.78 is 6.20. The van der Waals surface area contributed by atoms with Gasteiger partial charge in [-0.3, -0.25) is 4.79 Å². The normalized spacial score (nSPS) is 16.0. The van der Waals surface area contributed by atoms with Crippen molar-refractivity contribution in [3.63, 3.8) is 0 Å². The molecule has 5 nitrogen and oxygen atoms in total. The van der Waals surface area contributed by atoms with Crippen LogP contribution in [0.1, 0.15) is 46.0 Å². The maximum Gasteiger partial charge on any atom is 0.303 e. The van der Waals surface area contributed by atoms with Gasteiger partial charge in [0.1, 0.15) is 17.1 Å². The number of aromatic hydroxyl groups is 1. The van der Waals surface area contributed by atoms with Crippen molar-refractivity contribution in [1.82, 2.24) is 0 Å². The van der Waals surface area contributed by atoms with E-state index in [2.05, 4.69) is 18.7 Å². The summed E-state index contributed by atoms with van der Waals surface area (Å²) >= 11 is 0. The summed E-state index contributed by atoms with van der Waals surface area (Å²) in [6.45, 7) is 5.79. The van der Waals surface area contributed by atoms with Gasteiger partial charge in [0.2, 0.25) is 0 Å². The molecule has 0 amide bonds. The molecule has 1 aliphatic rings. The van der Waals surface area contributed by atoms with E-state index in [1.165, 1.54) is 0 Å². The fourth-order valence-electron chi connectivity index (χ4n) is 2.93. The summed E-state index contributed by atoms with van der Waals surface area (Å²) in [7, 11) is 0. The monoisotopic (exact) mass is 307 g/mol. The summed E-state index contributed by atoms with van der Waals surface area (Å²) in [4.78, 5) is 12.8. The molecule has 0 unspecified atom stereocenters. The van der Waals surface area contributed by atoms with Crippen molar-refractivity contribution in [2.75, 3.05) is 18.0 Å². The predicted molar refractivity (Wildman–Crippen MR) is 85.7 cm³/mol. The number of ether oxygens (including phenoxy) is 1. The summed E-state index contributed by atoms with van der Waals surface area (Å²) in [5.74, 6) is 0.265. The van der Waals surface area contributed by atoms with E-state index in [-0.39, 0.29) is 17.8 Å². The van der Waals surface area contributed by atoms with Crippen molar-refractivity contribution in [1.29, 1.82) is 0 Å².